The predicted molar refractivity (Wildman–Crippen MR) is 41.4 cm³/mol. The Morgan fingerprint density at radius 1 is 1.82 bits per heavy atom. The van der Waals surface area contributed by atoms with Crippen LogP contribution in [-0.4, -0.2) is 18.0 Å². The van der Waals surface area contributed by atoms with Gasteiger partial charge in [0, 0.05) is 0 Å². The molecule has 0 aliphatic rings. The molecule has 0 spiro atoms. The molecule has 0 aromatic carbocycles. The van der Waals surface area contributed by atoms with Crippen LogP contribution in [0.15, 0.2) is 16.7 Å². The zero-order chi connectivity index (χ0) is 8.27. The topological polar surface area (TPSA) is 39.2 Å². The quantitative estimate of drug-likeness (QED) is 0.195. The largest absolute Gasteiger partial charge is 0.624 e. The first kappa shape index (κ1) is 7.42. The van der Waals surface area contributed by atoms with E-state index in [9.17, 15) is 5.21 Å². The van der Waals surface area contributed by atoms with E-state index in [1.807, 2.05) is 0 Å². The number of rotatable bonds is 1. The number of furan rings is 1. The lowest BCUT2D eigenvalue weighted by atomic mass is 10.3. The van der Waals surface area contributed by atoms with Crippen molar-refractivity contribution in [2.24, 2.45) is 0 Å². The summed E-state index contributed by atoms with van der Waals surface area (Å²) in [4.78, 5) is 0. The van der Waals surface area contributed by atoms with Crippen molar-refractivity contribution in [3.05, 3.63) is 28.9 Å². The van der Waals surface area contributed by atoms with E-state index in [2.05, 4.69) is 5.92 Å². The minimum atomic E-state index is 0.421. The molecule has 0 aliphatic carbocycles. The summed E-state index contributed by atoms with van der Waals surface area (Å²) in [7, 11) is 1.36. The lowest BCUT2D eigenvalue weighted by molar-refractivity contribution is -0.417. The molecule has 1 aromatic heterocycles. The van der Waals surface area contributed by atoms with Gasteiger partial charge in [0.05, 0.1) is 11.8 Å². The van der Waals surface area contributed by atoms with Crippen molar-refractivity contribution < 1.29 is 9.16 Å². The summed E-state index contributed by atoms with van der Waals surface area (Å²) in [5, 5.41) is 10.5. The molecule has 0 bridgehead atoms. The monoisotopic (exact) mass is 149 g/mol. The van der Waals surface area contributed by atoms with Gasteiger partial charge < -0.3 is 9.62 Å². The number of hydrogen-bond donors (Lipinski definition) is 0. The van der Waals surface area contributed by atoms with E-state index < -0.39 is 0 Å². The minimum absolute atomic E-state index is 0.421. The molecule has 0 aliphatic heterocycles. The Kier molecular flexibility index (Phi) is 1.98. The molecule has 0 saturated heterocycles. The fourth-order valence-corrected chi connectivity index (χ4v) is 0.705. The van der Waals surface area contributed by atoms with Crippen LogP contribution >= 0.6 is 0 Å². The standard InChI is InChI=1S/C8H7NO2/c1-3-7-4-5-11-8(7)6-9(2)10/h1,4-6H,2H3/b9-6-. The van der Waals surface area contributed by atoms with E-state index in [4.69, 9.17) is 10.8 Å². The third kappa shape index (κ3) is 1.62. The van der Waals surface area contributed by atoms with Gasteiger partial charge in [-0.3, -0.25) is 0 Å². The van der Waals surface area contributed by atoms with Crippen molar-refractivity contribution in [1.82, 2.24) is 0 Å². The normalized spacial score (nSPS) is 11.1. The smallest absolute Gasteiger partial charge is 0.218 e. The molecule has 0 atom stereocenters. The van der Waals surface area contributed by atoms with Crippen LogP contribution in [0.3, 0.4) is 0 Å². The maximum absolute atomic E-state index is 10.5. The maximum Gasteiger partial charge on any atom is 0.218 e. The summed E-state index contributed by atoms with van der Waals surface area (Å²) >= 11 is 0. The zero-order valence-electron chi connectivity index (χ0n) is 6.07. The average molecular weight is 149 g/mol. The van der Waals surface area contributed by atoms with E-state index in [1.54, 1.807) is 6.07 Å². The lowest BCUT2D eigenvalue weighted by Gasteiger charge is -1.91. The van der Waals surface area contributed by atoms with E-state index >= 15 is 0 Å². The molecule has 11 heavy (non-hydrogen) atoms. The lowest BCUT2D eigenvalue weighted by Crippen LogP contribution is -1.97. The second-order valence-electron chi connectivity index (χ2n) is 2.02. The van der Waals surface area contributed by atoms with E-state index in [0.717, 1.165) is 0 Å². The second kappa shape index (κ2) is 2.93. The van der Waals surface area contributed by atoms with Crippen molar-refractivity contribution in [3.8, 4) is 12.3 Å². The molecular weight excluding hydrogens is 142 g/mol. The van der Waals surface area contributed by atoms with Gasteiger partial charge in [-0.15, -0.1) is 6.42 Å². The first-order valence-electron chi connectivity index (χ1n) is 3.03. The molecule has 56 valence electrons. The molecule has 0 N–H and O–H groups in total. The highest BCUT2D eigenvalue weighted by Gasteiger charge is 2.02. The fraction of sp³-hybridized carbons (Fsp3) is 0.125. The summed E-state index contributed by atoms with van der Waals surface area (Å²) in [5.41, 5.74) is 0.590. The van der Waals surface area contributed by atoms with E-state index in [-0.39, 0.29) is 0 Å². The van der Waals surface area contributed by atoms with Gasteiger partial charge in [-0.05, 0) is 6.07 Å². The number of hydroxylamine groups is 1. The fourth-order valence-electron chi connectivity index (χ4n) is 0.705. The highest BCUT2D eigenvalue weighted by atomic mass is 16.5. The summed E-state index contributed by atoms with van der Waals surface area (Å²) in [6, 6.07) is 1.63. The van der Waals surface area contributed by atoms with E-state index in [0.29, 0.717) is 16.1 Å². The molecular formula is C8H7NO2. The van der Waals surface area contributed by atoms with E-state index in [1.165, 1.54) is 19.5 Å². The highest BCUT2D eigenvalue weighted by Crippen LogP contribution is 2.05. The maximum atomic E-state index is 10.5. The van der Waals surface area contributed by atoms with Gasteiger partial charge in [-0.1, -0.05) is 5.92 Å². The zero-order valence-corrected chi connectivity index (χ0v) is 6.07. The molecule has 3 nitrogen and oxygen atoms in total. The first-order chi connectivity index (χ1) is 5.24. The Labute approximate surface area is 64.5 Å². The molecule has 1 aromatic rings. The predicted octanol–water partition coefficient (Wildman–Crippen LogP) is 0.820. The van der Waals surface area contributed by atoms with Gasteiger partial charge in [-0.25, -0.2) is 4.74 Å². The number of terminal acetylenes is 1. The van der Waals surface area contributed by atoms with Crippen LogP contribution in [0, 0.1) is 17.6 Å². The van der Waals surface area contributed by atoms with Crippen LogP contribution in [-0.2, 0) is 0 Å². The Balaban J connectivity index is 3.06. The van der Waals surface area contributed by atoms with Crippen molar-refractivity contribution in [1.29, 1.82) is 0 Å². The van der Waals surface area contributed by atoms with Gasteiger partial charge >= 0.3 is 0 Å². The van der Waals surface area contributed by atoms with Crippen LogP contribution in [0.25, 0.3) is 0 Å². The van der Waals surface area contributed by atoms with Gasteiger partial charge in [0.1, 0.15) is 7.05 Å². The molecule has 0 saturated carbocycles. The van der Waals surface area contributed by atoms with Crippen molar-refractivity contribution in [3.63, 3.8) is 0 Å². The first-order valence-corrected chi connectivity index (χ1v) is 3.03. The number of nitrogens with zero attached hydrogens (tertiary/aromatic N) is 1. The Morgan fingerprint density at radius 3 is 3.09 bits per heavy atom. The van der Waals surface area contributed by atoms with Gasteiger partial charge in [0.25, 0.3) is 0 Å². The van der Waals surface area contributed by atoms with Crippen LogP contribution in [0.5, 0.6) is 0 Å². The molecule has 1 heterocycles. The molecule has 0 fully saturated rings. The Bertz CT molecular complexity index is 313. The molecule has 3 heteroatoms. The summed E-state index contributed by atoms with van der Waals surface area (Å²) in [6.45, 7) is 0. The molecule has 0 amide bonds. The number of hydrogen-bond acceptors (Lipinski definition) is 2. The summed E-state index contributed by atoms with van der Waals surface area (Å²) < 4.78 is 5.57. The SMILES string of the molecule is C#Cc1ccoc1/C=[N+](/C)[O-]. The van der Waals surface area contributed by atoms with Gasteiger partial charge in [-0.2, -0.15) is 0 Å². The third-order valence-electron chi connectivity index (χ3n) is 1.15. The second-order valence-corrected chi connectivity index (χ2v) is 2.02. The van der Waals surface area contributed by atoms with Gasteiger partial charge in [0.15, 0.2) is 0 Å². The molecule has 0 unspecified atom stereocenters. The average Bonchev–Trinajstić information content (AvgIpc) is 2.34. The Morgan fingerprint density at radius 2 is 2.55 bits per heavy atom. The van der Waals surface area contributed by atoms with Crippen molar-refractivity contribution >= 4 is 6.21 Å². The Hall–Kier alpha value is -1.69. The van der Waals surface area contributed by atoms with Crippen LogP contribution in [0.2, 0.25) is 0 Å². The van der Waals surface area contributed by atoms with Crippen LogP contribution in [0.4, 0.5) is 0 Å². The molecule has 0 radical (unpaired) electrons. The van der Waals surface area contributed by atoms with Gasteiger partial charge in [0.2, 0.25) is 12.0 Å². The van der Waals surface area contributed by atoms with Crippen LogP contribution in [0.1, 0.15) is 11.3 Å². The summed E-state index contributed by atoms with van der Waals surface area (Å²) in [6.07, 6.45) is 7.86. The third-order valence-corrected chi connectivity index (χ3v) is 1.15. The van der Waals surface area contributed by atoms with Crippen molar-refractivity contribution in [2.45, 2.75) is 0 Å². The van der Waals surface area contributed by atoms with Crippen LogP contribution < -0.4 is 0 Å². The van der Waals surface area contributed by atoms with Crippen molar-refractivity contribution in [2.75, 3.05) is 7.05 Å². The molecule has 1 rings (SSSR count). The summed E-state index contributed by atoms with van der Waals surface area (Å²) in [5.74, 6) is 2.81. The highest BCUT2D eigenvalue weighted by molar-refractivity contribution is 5.75. The minimum Gasteiger partial charge on any atom is -0.624 e.